The fraction of sp³-hybridized carbons (Fsp3) is 0.571. The van der Waals surface area contributed by atoms with Gasteiger partial charge in [0.05, 0.1) is 11.2 Å². The van der Waals surface area contributed by atoms with Crippen molar-refractivity contribution in [3.8, 4) is 0 Å². The first-order chi connectivity index (χ1) is 12.7. The topological polar surface area (TPSA) is 71.1 Å². The molecule has 2 unspecified atom stereocenters. The second-order valence-corrected chi connectivity index (χ2v) is 7.61. The monoisotopic (exact) mass is 375 g/mol. The summed E-state index contributed by atoms with van der Waals surface area (Å²) in [5.41, 5.74) is 0.951. The van der Waals surface area contributed by atoms with E-state index in [0.717, 1.165) is 12.8 Å². The number of carbonyl (C=O) groups excluding carboxylic acids is 2. The molecule has 3 atom stereocenters. The second-order valence-electron chi connectivity index (χ2n) is 7.61. The van der Waals surface area contributed by atoms with Crippen molar-refractivity contribution < 1.29 is 28.5 Å². The van der Waals surface area contributed by atoms with Crippen LogP contribution in [-0.2, 0) is 28.5 Å². The molecule has 0 amide bonds. The van der Waals surface area contributed by atoms with E-state index in [1.807, 2.05) is 19.4 Å². The van der Waals surface area contributed by atoms with Crippen LogP contribution in [0.5, 0.6) is 0 Å². The first-order valence-electron chi connectivity index (χ1n) is 9.31. The molecule has 3 heterocycles. The van der Waals surface area contributed by atoms with Gasteiger partial charge in [-0.2, -0.15) is 0 Å². The highest BCUT2D eigenvalue weighted by atomic mass is 16.7. The Labute approximate surface area is 160 Å². The van der Waals surface area contributed by atoms with Crippen LogP contribution in [0.1, 0.15) is 47.0 Å². The van der Waals surface area contributed by atoms with E-state index in [0.29, 0.717) is 28.9 Å². The largest absolute Gasteiger partial charge is 0.457 e. The Morgan fingerprint density at radius 3 is 2.81 bits per heavy atom. The molecular weight excluding hydrogens is 348 g/mol. The van der Waals surface area contributed by atoms with Crippen molar-refractivity contribution in [1.29, 1.82) is 0 Å². The number of esters is 2. The number of hydrogen-bond donors (Lipinski definition) is 0. The zero-order valence-corrected chi connectivity index (χ0v) is 16.6. The summed E-state index contributed by atoms with van der Waals surface area (Å²) in [7, 11) is 1.67. The van der Waals surface area contributed by atoms with Crippen molar-refractivity contribution in [2.24, 2.45) is 5.92 Å². The van der Waals surface area contributed by atoms with Gasteiger partial charge in [0.25, 0.3) is 0 Å². The quantitative estimate of drug-likeness (QED) is 0.554. The smallest absolute Gasteiger partial charge is 0.343 e. The van der Waals surface area contributed by atoms with Gasteiger partial charge in [0, 0.05) is 30.6 Å². The Morgan fingerprint density at radius 2 is 2.15 bits per heavy atom. The first kappa shape index (κ1) is 19.8. The van der Waals surface area contributed by atoms with E-state index in [2.05, 4.69) is 6.92 Å². The number of fused-ring (bicyclic) bond motifs is 3. The van der Waals surface area contributed by atoms with E-state index >= 15 is 0 Å². The summed E-state index contributed by atoms with van der Waals surface area (Å²) in [6, 6.07) is 0. The highest BCUT2D eigenvalue weighted by Gasteiger charge is 2.51. The molecule has 2 bridgehead atoms. The maximum absolute atomic E-state index is 12.4. The molecule has 1 saturated heterocycles. The van der Waals surface area contributed by atoms with Crippen molar-refractivity contribution >= 4 is 11.9 Å². The van der Waals surface area contributed by atoms with Gasteiger partial charge in [-0.05, 0) is 46.1 Å². The fourth-order valence-electron chi connectivity index (χ4n) is 3.78. The molecule has 6 nitrogen and oxygen atoms in total. The molecule has 0 aromatic carbocycles. The SMILES string of the molecule is C/C=C(\C)C(=O)OCC1=C2[CH]C[C@@H](C)C3(OC)CCC(C)(/C=C\2OC1=O)O3. The molecule has 147 valence electrons. The minimum absolute atomic E-state index is 0.0920. The summed E-state index contributed by atoms with van der Waals surface area (Å²) in [5.74, 6) is -1.01. The van der Waals surface area contributed by atoms with Gasteiger partial charge >= 0.3 is 11.9 Å². The van der Waals surface area contributed by atoms with Crippen molar-refractivity contribution in [2.45, 2.75) is 58.3 Å². The first-order valence-corrected chi connectivity index (χ1v) is 9.31. The molecule has 0 aromatic heterocycles. The van der Waals surface area contributed by atoms with Crippen LogP contribution < -0.4 is 0 Å². The van der Waals surface area contributed by atoms with Crippen molar-refractivity contribution in [3.63, 3.8) is 0 Å². The van der Waals surface area contributed by atoms with Crippen molar-refractivity contribution in [3.05, 3.63) is 41.1 Å². The minimum Gasteiger partial charge on any atom is -0.457 e. The Kier molecular flexibility index (Phi) is 5.32. The van der Waals surface area contributed by atoms with Gasteiger partial charge in [0.2, 0.25) is 0 Å². The third kappa shape index (κ3) is 3.60. The fourth-order valence-corrected chi connectivity index (χ4v) is 3.78. The lowest BCUT2D eigenvalue weighted by molar-refractivity contribution is -0.251. The molecular formula is C21H27O6. The van der Waals surface area contributed by atoms with E-state index in [1.54, 1.807) is 27.0 Å². The van der Waals surface area contributed by atoms with Gasteiger partial charge < -0.3 is 18.9 Å². The molecule has 3 aliphatic rings. The molecule has 3 rings (SSSR count). The maximum Gasteiger partial charge on any atom is 0.343 e. The molecule has 1 fully saturated rings. The number of allylic oxidation sites excluding steroid dienone is 2. The summed E-state index contributed by atoms with van der Waals surface area (Å²) < 4.78 is 22.9. The molecule has 6 heteroatoms. The number of hydrogen-bond acceptors (Lipinski definition) is 6. The van der Waals surface area contributed by atoms with E-state index < -0.39 is 23.3 Å². The van der Waals surface area contributed by atoms with E-state index in [9.17, 15) is 9.59 Å². The predicted molar refractivity (Wildman–Crippen MR) is 98.1 cm³/mol. The summed E-state index contributed by atoms with van der Waals surface area (Å²) >= 11 is 0. The average molecular weight is 375 g/mol. The number of ether oxygens (including phenoxy) is 4. The summed E-state index contributed by atoms with van der Waals surface area (Å²) in [5, 5.41) is 0. The van der Waals surface area contributed by atoms with Crippen LogP contribution in [0.15, 0.2) is 34.6 Å². The van der Waals surface area contributed by atoms with Gasteiger partial charge in [-0.15, -0.1) is 0 Å². The van der Waals surface area contributed by atoms with Gasteiger partial charge in [0.1, 0.15) is 12.4 Å². The van der Waals surface area contributed by atoms with Crippen LogP contribution in [0.2, 0.25) is 0 Å². The summed E-state index contributed by atoms with van der Waals surface area (Å²) in [6.07, 6.45) is 7.68. The van der Waals surface area contributed by atoms with Crippen LogP contribution in [0.3, 0.4) is 0 Å². The molecule has 0 spiro atoms. The summed E-state index contributed by atoms with van der Waals surface area (Å²) in [6.45, 7) is 7.36. The van der Waals surface area contributed by atoms with E-state index in [4.69, 9.17) is 18.9 Å². The Bertz CT molecular complexity index is 746. The van der Waals surface area contributed by atoms with Gasteiger partial charge in [0.15, 0.2) is 5.79 Å². The lowest BCUT2D eigenvalue weighted by Crippen LogP contribution is -2.40. The molecule has 3 aliphatic heterocycles. The van der Waals surface area contributed by atoms with E-state index in [-0.39, 0.29) is 12.5 Å². The molecule has 27 heavy (non-hydrogen) atoms. The zero-order chi connectivity index (χ0) is 19.8. The predicted octanol–water partition coefficient (Wildman–Crippen LogP) is 3.39. The minimum atomic E-state index is -0.652. The van der Waals surface area contributed by atoms with Crippen LogP contribution in [0, 0.1) is 12.3 Å². The van der Waals surface area contributed by atoms with E-state index in [1.165, 1.54) is 0 Å². The number of rotatable bonds is 4. The average Bonchev–Trinajstić information content (AvgIpc) is 3.14. The van der Waals surface area contributed by atoms with Gasteiger partial charge in [-0.1, -0.05) is 13.0 Å². The van der Waals surface area contributed by atoms with Crippen LogP contribution in [-0.4, -0.2) is 37.0 Å². The van der Waals surface area contributed by atoms with Crippen molar-refractivity contribution in [1.82, 2.24) is 0 Å². The Morgan fingerprint density at radius 1 is 1.41 bits per heavy atom. The standard InChI is InChI=1S/C21H27O6/c1-6-13(2)18(22)25-12-16-15-8-7-14(3)21(24-5)10-9-20(4,27-21)11-17(15)26-19(16)23/h6,8,11,14H,7,9-10,12H2,1-5H3/b13-6+,17-11+/t14-,20?,21?/m1/s1. The third-order valence-electron chi connectivity index (χ3n) is 5.73. The van der Waals surface area contributed by atoms with Gasteiger partial charge in [-0.3, -0.25) is 0 Å². The molecule has 0 aliphatic carbocycles. The molecule has 0 aromatic rings. The highest BCUT2D eigenvalue weighted by Crippen LogP contribution is 2.48. The molecule has 0 N–H and O–H groups in total. The Balaban J connectivity index is 1.91. The molecule has 0 saturated carbocycles. The zero-order valence-electron chi connectivity index (χ0n) is 16.6. The highest BCUT2D eigenvalue weighted by molar-refractivity contribution is 5.96. The normalized spacial score (nSPS) is 35.6. The maximum atomic E-state index is 12.4. The summed E-state index contributed by atoms with van der Waals surface area (Å²) in [4.78, 5) is 24.3. The lowest BCUT2D eigenvalue weighted by atomic mass is 9.87. The van der Waals surface area contributed by atoms with Crippen LogP contribution in [0.25, 0.3) is 0 Å². The van der Waals surface area contributed by atoms with Crippen molar-refractivity contribution in [2.75, 3.05) is 13.7 Å². The Hall–Kier alpha value is -1.92. The third-order valence-corrected chi connectivity index (χ3v) is 5.73. The van der Waals surface area contributed by atoms with Gasteiger partial charge in [-0.25, -0.2) is 9.59 Å². The number of methoxy groups -OCH3 is 1. The van der Waals surface area contributed by atoms with Crippen LogP contribution >= 0.6 is 0 Å². The second kappa shape index (κ2) is 7.24. The molecule has 1 radical (unpaired) electrons. The number of carbonyl (C=O) groups is 2. The lowest BCUT2D eigenvalue weighted by Gasteiger charge is -2.35. The van der Waals surface area contributed by atoms with Crippen LogP contribution in [0.4, 0.5) is 0 Å².